The van der Waals surface area contributed by atoms with E-state index >= 15 is 0 Å². The van der Waals surface area contributed by atoms with Crippen molar-refractivity contribution < 1.29 is 13.2 Å². The van der Waals surface area contributed by atoms with Crippen molar-refractivity contribution in [2.24, 2.45) is 0 Å². The summed E-state index contributed by atoms with van der Waals surface area (Å²) in [7, 11) is -3.63. The quantitative estimate of drug-likeness (QED) is 0.728. The van der Waals surface area contributed by atoms with E-state index in [2.05, 4.69) is 15.4 Å². The second-order valence-corrected chi connectivity index (χ2v) is 8.48. The molecule has 1 fully saturated rings. The lowest BCUT2D eigenvalue weighted by atomic mass is 10.1. The van der Waals surface area contributed by atoms with Gasteiger partial charge in [0.25, 0.3) is 0 Å². The molecule has 0 aromatic heterocycles. The van der Waals surface area contributed by atoms with Gasteiger partial charge >= 0.3 is 0 Å². The molecule has 3 N–H and O–H groups in total. The van der Waals surface area contributed by atoms with Crippen LogP contribution in [-0.4, -0.2) is 32.5 Å². The molecule has 0 bridgehead atoms. The van der Waals surface area contributed by atoms with Gasteiger partial charge in [0, 0.05) is 12.1 Å². The van der Waals surface area contributed by atoms with Gasteiger partial charge in [0.2, 0.25) is 15.9 Å². The fourth-order valence-electron chi connectivity index (χ4n) is 2.58. The Bertz CT molecular complexity index is 665. The minimum atomic E-state index is -3.63. The average molecular weight is 376 g/mol. The van der Waals surface area contributed by atoms with Crippen molar-refractivity contribution in [2.75, 3.05) is 6.54 Å². The summed E-state index contributed by atoms with van der Waals surface area (Å²) in [5.74, 6) is -0.0847. The van der Waals surface area contributed by atoms with Crippen molar-refractivity contribution in [2.45, 2.75) is 56.6 Å². The summed E-state index contributed by atoms with van der Waals surface area (Å²) in [5, 5.41) is 5.95. The second kappa shape index (κ2) is 8.29. The van der Waals surface area contributed by atoms with Crippen LogP contribution in [0.3, 0.4) is 0 Å². The zero-order chi connectivity index (χ0) is 17.1. The predicted octanol–water partition coefficient (Wildman–Crippen LogP) is 1.55. The number of hydrogen-bond acceptors (Lipinski definition) is 4. The molecule has 0 radical (unpaired) electrons. The van der Waals surface area contributed by atoms with Gasteiger partial charge in [-0.3, -0.25) is 4.79 Å². The number of carbonyl (C=O) groups excluding carboxylic acids is 1. The van der Waals surface area contributed by atoms with Gasteiger partial charge in [-0.05, 0) is 51.8 Å². The summed E-state index contributed by atoms with van der Waals surface area (Å²) in [5.41, 5.74) is 0.0127. The Kier molecular flexibility index (Phi) is 7.22. The molecule has 1 amide bonds. The van der Waals surface area contributed by atoms with Gasteiger partial charge in [-0.25, -0.2) is 13.1 Å². The van der Waals surface area contributed by atoms with Crippen molar-refractivity contribution >= 4 is 28.3 Å². The van der Waals surface area contributed by atoms with E-state index in [1.54, 1.807) is 45.0 Å². The number of sulfonamides is 1. The lowest BCUT2D eigenvalue weighted by Crippen LogP contribution is -2.42. The average Bonchev–Trinajstić information content (AvgIpc) is 2.96. The Morgan fingerprint density at radius 1 is 1.29 bits per heavy atom. The zero-order valence-electron chi connectivity index (χ0n) is 14.3. The van der Waals surface area contributed by atoms with Crippen LogP contribution >= 0.6 is 12.4 Å². The maximum atomic E-state index is 12.5. The van der Waals surface area contributed by atoms with E-state index in [9.17, 15) is 13.2 Å². The molecule has 136 valence electrons. The molecule has 1 aromatic carbocycles. The highest BCUT2D eigenvalue weighted by atomic mass is 35.5. The third kappa shape index (κ3) is 5.73. The minimum absolute atomic E-state index is 0. The fraction of sp³-hybridized carbons (Fsp3) is 0.562. The van der Waals surface area contributed by atoms with E-state index in [-0.39, 0.29) is 35.8 Å². The van der Waals surface area contributed by atoms with Crippen molar-refractivity contribution in [1.82, 2.24) is 15.4 Å². The molecule has 0 aliphatic carbocycles. The predicted molar refractivity (Wildman–Crippen MR) is 96.6 cm³/mol. The lowest BCUT2D eigenvalue weighted by molar-refractivity contribution is -0.122. The van der Waals surface area contributed by atoms with Gasteiger partial charge in [0.1, 0.15) is 0 Å². The van der Waals surface area contributed by atoms with Crippen LogP contribution in [-0.2, 0) is 21.4 Å². The summed E-state index contributed by atoms with van der Waals surface area (Å²) in [6.07, 6.45) is 1.80. The molecule has 6 nitrogen and oxygen atoms in total. The molecule has 1 aromatic rings. The SMILES string of the molecule is CC(C)(C)NS(=O)(=O)c1ccccc1CNC(=O)C1CCCN1.Cl. The normalized spacial score (nSPS) is 18.0. The Morgan fingerprint density at radius 2 is 1.96 bits per heavy atom. The van der Waals surface area contributed by atoms with Crippen LogP contribution in [0, 0.1) is 0 Å². The van der Waals surface area contributed by atoms with E-state index < -0.39 is 15.6 Å². The number of nitrogens with one attached hydrogen (secondary N) is 3. The van der Waals surface area contributed by atoms with E-state index in [1.165, 1.54) is 0 Å². The molecular formula is C16H26ClN3O3S. The second-order valence-electron chi connectivity index (χ2n) is 6.83. The third-order valence-corrected chi connectivity index (χ3v) is 5.39. The molecule has 1 saturated heterocycles. The van der Waals surface area contributed by atoms with Gasteiger partial charge in [-0.2, -0.15) is 0 Å². The summed E-state index contributed by atoms with van der Waals surface area (Å²) >= 11 is 0. The molecule has 8 heteroatoms. The van der Waals surface area contributed by atoms with Crippen molar-refractivity contribution in [3.8, 4) is 0 Å². The van der Waals surface area contributed by atoms with Crippen molar-refractivity contribution in [3.05, 3.63) is 29.8 Å². The first-order valence-electron chi connectivity index (χ1n) is 7.82. The first kappa shape index (κ1) is 20.9. The first-order valence-corrected chi connectivity index (χ1v) is 9.30. The standard InChI is InChI=1S/C16H25N3O3S.ClH/c1-16(2,3)19-23(21,22)14-9-5-4-7-12(14)11-18-15(20)13-8-6-10-17-13;/h4-5,7,9,13,17,19H,6,8,10-11H2,1-3H3,(H,18,20);1H. The fourth-order valence-corrected chi connectivity index (χ4v) is 4.24. The first-order chi connectivity index (χ1) is 10.7. The Labute approximate surface area is 150 Å². The van der Waals surface area contributed by atoms with Crippen LogP contribution < -0.4 is 15.4 Å². The van der Waals surface area contributed by atoms with E-state index in [4.69, 9.17) is 0 Å². The van der Waals surface area contributed by atoms with Gasteiger partial charge in [0.15, 0.2) is 0 Å². The Hall–Kier alpha value is -1.15. The highest BCUT2D eigenvalue weighted by Gasteiger charge is 2.25. The van der Waals surface area contributed by atoms with Crippen LogP contribution in [0.1, 0.15) is 39.2 Å². The van der Waals surface area contributed by atoms with Gasteiger partial charge in [-0.15, -0.1) is 12.4 Å². The maximum absolute atomic E-state index is 12.5. The highest BCUT2D eigenvalue weighted by molar-refractivity contribution is 7.89. The molecule has 2 rings (SSSR count). The smallest absolute Gasteiger partial charge is 0.241 e. The lowest BCUT2D eigenvalue weighted by Gasteiger charge is -2.21. The zero-order valence-corrected chi connectivity index (χ0v) is 15.9. The Morgan fingerprint density at radius 3 is 2.54 bits per heavy atom. The number of amides is 1. The Balaban J connectivity index is 0.00000288. The topological polar surface area (TPSA) is 87.3 Å². The highest BCUT2D eigenvalue weighted by Crippen LogP contribution is 2.18. The molecule has 1 aliphatic rings. The van der Waals surface area contributed by atoms with Gasteiger partial charge in [-0.1, -0.05) is 18.2 Å². The van der Waals surface area contributed by atoms with E-state index in [1.807, 2.05) is 0 Å². The largest absolute Gasteiger partial charge is 0.351 e. The van der Waals surface area contributed by atoms with E-state index in [0.717, 1.165) is 19.4 Å². The number of benzene rings is 1. The maximum Gasteiger partial charge on any atom is 0.241 e. The molecule has 24 heavy (non-hydrogen) atoms. The molecule has 0 spiro atoms. The number of carbonyl (C=O) groups is 1. The van der Waals surface area contributed by atoms with Crippen LogP contribution in [0.2, 0.25) is 0 Å². The summed E-state index contributed by atoms with van der Waals surface area (Å²) < 4.78 is 27.7. The van der Waals surface area contributed by atoms with Gasteiger partial charge in [0.05, 0.1) is 10.9 Å². The number of halogens is 1. The number of rotatable bonds is 5. The van der Waals surface area contributed by atoms with E-state index in [0.29, 0.717) is 5.56 Å². The van der Waals surface area contributed by atoms with Crippen molar-refractivity contribution in [3.63, 3.8) is 0 Å². The molecule has 1 atom stereocenters. The van der Waals surface area contributed by atoms with Crippen LogP contribution in [0.25, 0.3) is 0 Å². The summed E-state index contributed by atoms with van der Waals surface area (Å²) in [6.45, 7) is 6.42. The number of hydrogen-bond donors (Lipinski definition) is 3. The van der Waals surface area contributed by atoms with Crippen LogP contribution in [0.15, 0.2) is 29.2 Å². The molecule has 0 saturated carbocycles. The van der Waals surface area contributed by atoms with Gasteiger partial charge < -0.3 is 10.6 Å². The summed E-state index contributed by atoms with van der Waals surface area (Å²) in [4.78, 5) is 12.3. The minimum Gasteiger partial charge on any atom is -0.351 e. The third-order valence-electron chi connectivity index (χ3n) is 3.53. The summed E-state index contributed by atoms with van der Waals surface area (Å²) in [6, 6.07) is 6.56. The molecule has 1 unspecified atom stereocenters. The van der Waals surface area contributed by atoms with Crippen LogP contribution in [0.5, 0.6) is 0 Å². The molecular weight excluding hydrogens is 350 g/mol. The molecule has 1 aliphatic heterocycles. The molecule has 1 heterocycles. The van der Waals surface area contributed by atoms with Crippen LogP contribution in [0.4, 0.5) is 0 Å². The monoisotopic (exact) mass is 375 g/mol. The van der Waals surface area contributed by atoms with Crippen molar-refractivity contribution in [1.29, 1.82) is 0 Å².